The second-order valence-corrected chi connectivity index (χ2v) is 4.62. The number of aryl methyl sites for hydroxylation is 1. The lowest BCUT2D eigenvalue weighted by Gasteiger charge is -2.02. The molecule has 100 valence electrons. The molecule has 20 heavy (non-hydrogen) atoms. The van der Waals surface area contributed by atoms with E-state index < -0.39 is 5.97 Å². The molecule has 0 amide bonds. The molecule has 0 bridgehead atoms. The van der Waals surface area contributed by atoms with Gasteiger partial charge in [0.1, 0.15) is 5.82 Å². The Bertz CT molecular complexity index is 778. The van der Waals surface area contributed by atoms with Crippen molar-refractivity contribution in [2.75, 3.05) is 0 Å². The maximum atomic E-state index is 10.8. The van der Waals surface area contributed by atoms with Crippen LogP contribution in [0.25, 0.3) is 22.4 Å². The zero-order chi connectivity index (χ0) is 14.1. The highest BCUT2D eigenvalue weighted by Gasteiger charge is 2.11. The number of carbonyl (C=O) groups is 1. The van der Waals surface area contributed by atoms with E-state index in [1.807, 2.05) is 35.9 Å². The normalized spacial score (nSPS) is 10.8. The van der Waals surface area contributed by atoms with E-state index in [-0.39, 0.29) is 6.42 Å². The maximum absolute atomic E-state index is 10.8. The largest absolute Gasteiger partial charge is 0.481 e. The molecule has 1 N–H and O–H groups in total. The molecular weight excluding hydrogens is 254 g/mol. The molecule has 1 aromatic carbocycles. The van der Waals surface area contributed by atoms with Crippen LogP contribution in [0.3, 0.4) is 0 Å². The van der Waals surface area contributed by atoms with Gasteiger partial charge in [-0.1, -0.05) is 6.07 Å². The third-order valence-electron chi connectivity index (χ3n) is 3.24. The lowest BCUT2D eigenvalue weighted by Crippen LogP contribution is -2.00. The Kier molecular flexibility index (Phi) is 2.95. The molecule has 2 heterocycles. The highest BCUT2D eigenvalue weighted by Crippen LogP contribution is 2.24. The van der Waals surface area contributed by atoms with Crippen LogP contribution in [0, 0.1) is 0 Å². The van der Waals surface area contributed by atoms with Gasteiger partial charge in [0.15, 0.2) is 0 Å². The van der Waals surface area contributed by atoms with Gasteiger partial charge in [0.2, 0.25) is 0 Å². The number of hydrogen-bond donors (Lipinski definition) is 1. The van der Waals surface area contributed by atoms with Crippen LogP contribution in [0.2, 0.25) is 0 Å². The molecule has 0 aliphatic rings. The van der Waals surface area contributed by atoms with Gasteiger partial charge in [-0.15, -0.1) is 0 Å². The van der Waals surface area contributed by atoms with Crippen molar-refractivity contribution in [1.29, 1.82) is 0 Å². The quantitative estimate of drug-likeness (QED) is 0.790. The van der Waals surface area contributed by atoms with Crippen LogP contribution in [-0.4, -0.2) is 25.6 Å². The monoisotopic (exact) mass is 267 g/mol. The van der Waals surface area contributed by atoms with Gasteiger partial charge in [-0.25, -0.2) is 4.98 Å². The predicted molar refractivity (Wildman–Crippen MR) is 75.3 cm³/mol. The molecule has 3 aromatic rings. The lowest BCUT2D eigenvalue weighted by molar-refractivity contribution is -0.136. The fraction of sp³-hybridized carbons (Fsp3) is 0.133. The van der Waals surface area contributed by atoms with Gasteiger partial charge in [0.25, 0.3) is 0 Å². The first-order valence-corrected chi connectivity index (χ1v) is 6.22. The summed E-state index contributed by atoms with van der Waals surface area (Å²) in [6.07, 6.45) is 3.47. The highest BCUT2D eigenvalue weighted by atomic mass is 16.4. The van der Waals surface area contributed by atoms with Gasteiger partial charge in [0, 0.05) is 25.0 Å². The van der Waals surface area contributed by atoms with E-state index in [0.29, 0.717) is 0 Å². The summed E-state index contributed by atoms with van der Waals surface area (Å²) in [5, 5.41) is 8.86. The van der Waals surface area contributed by atoms with Crippen LogP contribution >= 0.6 is 0 Å². The number of imidazole rings is 1. The predicted octanol–water partition coefficient (Wildman–Crippen LogP) is 2.26. The van der Waals surface area contributed by atoms with Crippen molar-refractivity contribution in [3.8, 4) is 11.4 Å². The highest BCUT2D eigenvalue weighted by molar-refractivity contribution is 5.82. The van der Waals surface area contributed by atoms with E-state index in [0.717, 1.165) is 28.0 Å². The van der Waals surface area contributed by atoms with Gasteiger partial charge in [0.05, 0.1) is 17.5 Å². The lowest BCUT2D eigenvalue weighted by atomic mass is 10.1. The van der Waals surface area contributed by atoms with Crippen molar-refractivity contribution in [3.05, 3.63) is 48.3 Å². The average molecular weight is 267 g/mol. The van der Waals surface area contributed by atoms with Gasteiger partial charge >= 0.3 is 5.97 Å². The standard InChI is InChI=1S/C15H13N3O2/c1-18-13-8-10(9-14(19)20)2-3-12(13)17-15(18)11-4-6-16-7-5-11/h2-8H,9H2,1H3,(H,19,20). The van der Waals surface area contributed by atoms with Gasteiger partial charge in [-0.05, 0) is 29.8 Å². The first-order valence-electron chi connectivity index (χ1n) is 6.22. The summed E-state index contributed by atoms with van der Waals surface area (Å²) in [7, 11) is 1.93. The number of fused-ring (bicyclic) bond motifs is 1. The fourth-order valence-electron chi connectivity index (χ4n) is 2.28. The van der Waals surface area contributed by atoms with Crippen LogP contribution in [0.1, 0.15) is 5.56 Å². The second-order valence-electron chi connectivity index (χ2n) is 4.62. The summed E-state index contributed by atoms with van der Waals surface area (Å²) in [5.41, 5.74) is 3.54. The molecule has 0 saturated heterocycles. The minimum absolute atomic E-state index is 0.0196. The number of hydrogen-bond acceptors (Lipinski definition) is 3. The Morgan fingerprint density at radius 3 is 2.70 bits per heavy atom. The van der Waals surface area contributed by atoms with Crippen molar-refractivity contribution < 1.29 is 9.90 Å². The van der Waals surface area contributed by atoms with Crippen LogP contribution in [-0.2, 0) is 18.3 Å². The Labute approximate surface area is 115 Å². The molecule has 0 atom stereocenters. The zero-order valence-corrected chi connectivity index (χ0v) is 10.9. The van der Waals surface area contributed by atoms with Crippen molar-refractivity contribution in [2.45, 2.75) is 6.42 Å². The van der Waals surface area contributed by atoms with Crippen molar-refractivity contribution >= 4 is 17.0 Å². The van der Waals surface area contributed by atoms with Crippen LogP contribution in [0.15, 0.2) is 42.7 Å². The average Bonchev–Trinajstić information content (AvgIpc) is 2.76. The van der Waals surface area contributed by atoms with Crippen molar-refractivity contribution in [2.24, 2.45) is 7.05 Å². The molecule has 0 radical (unpaired) electrons. The number of pyridine rings is 1. The van der Waals surface area contributed by atoms with Crippen molar-refractivity contribution in [3.63, 3.8) is 0 Å². The Morgan fingerprint density at radius 2 is 2.00 bits per heavy atom. The van der Waals surface area contributed by atoms with E-state index in [1.165, 1.54) is 0 Å². The molecule has 5 heteroatoms. The fourth-order valence-corrected chi connectivity index (χ4v) is 2.28. The summed E-state index contributed by atoms with van der Waals surface area (Å²) in [6, 6.07) is 9.35. The van der Waals surface area contributed by atoms with E-state index in [9.17, 15) is 4.79 Å². The molecule has 0 aliphatic heterocycles. The van der Waals surface area contributed by atoms with Gasteiger partial charge in [-0.2, -0.15) is 0 Å². The Balaban J connectivity index is 2.13. The summed E-state index contributed by atoms with van der Waals surface area (Å²) in [5.74, 6) is 0.00995. The molecule has 5 nitrogen and oxygen atoms in total. The molecule has 0 unspecified atom stereocenters. The van der Waals surface area contributed by atoms with Crippen LogP contribution in [0.4, 0.5) is 0 Å². The third kappa shape index (κ3) is 2.14. The molecule has 0 saturated carbocycles. The number of carboxylic acid groups (broad SMARTS) is 1. The summed E-state index contributed by atoms with van der Waals surface area (Å²) in [6.45, 7) is 0. The first-order chi connectivity index (χ1) is 9.65. The number of rotatable bonds is 3. The van der Waals surface area contributed by atoms with E-state index in [1.54, 1.807) is 18.5 Å². The number of nitrogens with zero attached hydrogens (tertiary/aromatic N) is 3. The van der Waals surface area contributed by atoms with E-state index >= 15 is 0 Å². The number of carboxylic acids is 1. The zero-order valence-electron chi connectivity index (χ0n) is 10.9. The van der Waals surface area contributed by atoms with Gasteiger partial charge < -0.3 is 9.67 Å². The van der Waals surface area contributed by atoms with E-state index in [4.69, 9.17) is 5.11 Å². The summed E-state index contributed by atoms with van der Waals surface area (Å²) < 4.78 is 1.97. The molecule has 2 aromatic heterocycles. The molecule has 0 fully saturated rings. The second kappa shape index (κ2) is 4.77. The van der Waals surface area contributed by atoms with Gasteiger partial charge in [-0.3, -0.25) is 9.78 Å². The molecule has 0 spiro atoms. The van der Waals surface area contributed by atoms with Crippen LogP contribution < -0.4 is 0 Å². The van der Waals surface area contributed by atoms with Crippen molar-refractivity contribution in [1.82, 2.24) is 14.5 Å². The number of benzene rings is 1. The smallest absolute Gasteiger partial charge is 0.307 e. The molecule has 0 aliphatic carbocycles. The minimum Gasteiger partial charge on any atom is -0.481 e. The Hall–Kier alpha value is -2.69. The van der Waals surface area contributed by atoms with E-state index in [2.05, 4.69) is 9.97 Å². The SMILES string of the molecule is Cn1c(-c2ccncc2)nc2ccc(CC(=O)O)cc21. The number of aromatic nitrogens is 3. The third-order valence-corrected chi connectivity index (χ3v) is 3.24. The first kappa shape index (κ1) is 12.3. The summed E-state index contributed by atoms with van der Waals surface area (Å²) >= 11 is 0. The number of aliphatic carboxylic acids is 1. The molecule has 3 rings (SSSR count). The summed E-state index contributed by atoms with van der Waals surface area (Å²) in [4.78, 5) is 19.4. The Morgan fingerprint density at radius 1 is 1.25 bits per heavy atom. The maximum Gasteiger partial charge on any atom is 0.307 e. The topological polar surface area (TPSA) is 68.0 Å². The van der Waals surface area contributed by atoms with Crippen LogP contribution in [0.5, 0.6) is 0 Å². The molecular formula is C15H13N3O2. The minimum atomic E-state index is -0.833.